The van der Waals surface area contributed by atoms with Crippen molar-refractivity contribution < 1.29 is 13.2 Å². The molecule has 1 atom stereocenters. The van der Waals surface area contributed by atoms with Crippen molar-refractivity contribution in [2.45, 2.75) is 54.7 Å². The number of thiazole rings is 1. The summed E-state index contributed by atoms with van der Waals surface area (Å²) in [5.41, 5.74) is 2.10. The van der Waals surface area contributed by atoms with Crippen LogP contribution in [0.5, 0.6) is 0 Å². The average molecular weight is 496 g/mol. The van der Waals surface area contributed by atoms with Crippen molar-refractivity contribution in [2.75, 3.05) is 17.3 Å². The van der Waals surface area contributed by atoms with E-state index in [1.165, 1.54) is 24.2 Å². The fourth-order valence-corrected chi connectivity index (χ4v) is 7.45. The number of amides is 1. The summed E-state index contributed by atoms with van der Waals surface area (Å²) in [5.74, 6) is 0.749. The van der Waals surface area contributed by atoms with Crippen LogP contribution in [0.25, 0.3) is 0 Å². The molecule has 0 bridgehead atoms. The third kappa shape index (κ3) is 4.25. The van der Waals surface area contributed by atoms with Gasteiger partial charge in [0, 0.05) is 18.6 Å². The molecule has 1 aliphatic carbocycles. The number of anilines is 3. The highest BCUT2D eigenvalue weighted by molar-refractivity contribution is 7.92. The van der Waals surface area contributed by atoms with Gasteiger partial charge in [-0.3, -0.25) is 4.79 Å². The average Bonchev–Trinajstić information content (AvgIpc) is 3.35. The van der Waals surface area contributed by atoms with Crippen molar-refractivity contribution in [2.24, 2.45) is 11.8 Å². The molecule has 1 aliphatic heterocycles. The molecular formula is C26H29N3O3S2. The van der Waals surface area contributed by atoms with Gasteiger partial charge in [0.25, 0.3) is 0 Å². The number of hydrogen-bond donors (Lipinski definition) is 1. The molecule has 2 aromatic carbocycles. The second-order valence-corrected chi connectivity index (χ2v) is 12.3. The predicted octanol–water partition coefficient (Wildman–Crippen LogP) is 6.00. The minimum absolute atomic E-state index is 0.0877. The van der Waals surface area contributed by atoms with Gasteiger partial charge >= 0.3 is 0 Å². The minimum Gasteiger partial charge on any atom is -0.342 e. The van der Waals surface area contributed by atoms with Crippen molar-refractivity contribution in [1.82, 2.24) is 4.98 Å². The molecule has 0 saturated heterocycles. The van der Waals surface area contributed by atoms with E-state index in [4.69, 9.17) is 0 Å². The fourth-order valence-electron chi connectivity index (χ4n) is 5.22. The lowest BCUT2D eigenvalue weighted by Crippen LogP contribution is -2.26. The maximum Gasteiger partial charge on any atom is 0.233 e. The van der Waals surface area contributed by atoms with Crippen LogP contribution in [0.4, 0.5) is 16.5 Å². The van der Waals surface area contributed by atoms with Crippen molar-refractivity contribution in [1.29, 1.82) is 0 Å². The van der Waals surface area contributed by atoms with Gasteiger partial charge < -0.3 is 10.2 Å². The zero-order chi connectivity index (χ0) is 23.9. The van der Waals surface area contributed by atoms with Crippen LogP contribution in [-0.4, -0.2) is 26.4 Å². The number of hydrogen-bond acceptors (Lipinski definition) is 6. The third-order valence-corrected chi connectivity index (χ3v) is 9.77. The van der Waals surface area contributed by atoms with Crippen LogP contribution in [0.3, 0.4) is 0 Å². The molecule has 1 N–H and O–H groups in total. The number of carbonyl (C=O) groups is 1. The largest absolute Gasteiger partial charge is 0.342 e. The summed E-state index contributed by atoms with van der Waals surface area (Å²) in [7, 11) is -1.74. The first-order valence-electron chi connectivity index (χ1n) is 11.8. The van der Waals surface area contributed by atoms with Crippen LogP contribution in [0.1, 0.15) is 50.5 Å². The Balaban J connectivity index is 1.52. The molecule has 3 aromatic rings. The number of sulfone groups is 1. The molecule has 6 nitrogen and oxygen atoms in total. The Morgan fingerprint density at radius 3 is 2.59 bits per heavy atom. The van der Waals surface area contributed by atoms with Crippen LogP contribution in [0, 0.1) is 11.8 Å². The van der Waals surface area contributed by atoms with Crippen molar-refractivity contribution >= 4 is 43.6 Å². The van der Waals surface area contributed by atoms with Crippen molar-refractivity contribution in [3.63, 3.8) is 0 Å². The number of nitrogens with one attached hydrogen (secondary N) is 1. The summed E-state index contributed by atoms with van der Waals surface area (Å²) >= 11 is 1.39. The number of aromatic nitrogens is 1. The lowest BCUT2D eigenvalue weighted by atomic mass is 9.77. The van der Waals surface area contributed by atoms with Gasteiger partial charge in [0.05, 0.1) is 27.1 Å². The standard InChI is InChI=1S/C26H29N3O3S2/c1-17-7-9-18(10-8-17)15-20(25(30)28-26-27-13-14-33-26)19-11-12-24-22(16-19)29(2)21-5-3-4-6-23(21)34(24,31)32/h3-6,11-14,16-18,20H,7-10,15H2,1-2H3,(H,27,28,30). The third-order valence-electron chi connectivity index (χ3n) is 7.24. The highest BCUT2D eigenvalue weighted by atomic mass is 32.2. The molecule has 2 aliphatic rings. The SMILES string of the molecule is CC1CCC(CC(C(=O)Nc2nccs2)c2ccc3c(c2)N(C)c2ccccc2S3(=O)=O)CC1. The molecule has 1 fully saturated rings. The molecule has 178 valence electrons. The number of nitrogens with zero attached hydrogens (tertiary/aromatic N) is 2. The number of benzene rings is 2. The first-order valence-corrected chi connectivity index (χ1v) is 14.1. The molecule has 1 unspecified atom stereocenters. The van der Waals surface area contributed by atoms with E-state index in [0.29, 0.717) is 27.3 Å². The zero-order valence-corrected chi connectivity index (χ0v) is 21.0. The quantitative estimate of drug-likeness (QED) is 0.470. The maximum absolute atomic E-state index is 13.4. The van der Waals surface area contributed by atoms with Gasteiger partial charge in [0.15, 0.2) is 5.13 Å². The van der Waals surface area contributed by atoms with Gasteiger partial charge in [-0.2, -0.15) is 0 Å². The smallest absolute Gasteiger partial charge is 0.233 e. The minimum atomic E-state index is -3.62. The topological polar surface area (TPSA) is 79.4 Å². The van der Waals surface area contributed by atoms with Crippen LogP contribution >= 0.6 is 11.3 Å². The van der Waals surface area contributed by atoms with E-state index in [1.807, 2.05) is 41.6 Å². The fraction of sp³-hybridized carbons (Fsp3) is 0.385. The Morgan fingerprint density at radius 1 is 1.12 bits per heavy atom. The van der Waals surface area contributed by atoms with Gasteiger partial charge in [-0.05, 0) is 48.1 Å². The van der Waals surface area contributed by atoms with E-state index >= 15 is 0 Å². The van der Waals surface area contributed by atoms with E-state index in [1.54, 1.807) is 24.4 Å². The van der Waals surface area contributed by atoms with Crippen LogP contribution in [0.2, 0.25) is 0 Å². The molecule has 34 heavy (non-hydrogen) atoms. The Kier molecular flexibility index (Phi) is 6.20. The molecule has 1 amide bonds. The highest BCUT2D eigenvalue weighted by Crippen LogP contribution is 2.45. The number of para-hydroxylation sites is 1. The van der Waals surface area contributed by atoms with E-state index in [0.717, 1.165) is 30.7 Å². The van der Waals surface area contributed by atoms with E-state index in [9.17, 15) is 13.2 Å². The van der Waals surface area contributed by atoms with Crippen molar-refractivity contribution in [3.05, 3.63) is 59.6 Å². The van der Waals surface area contributed by atoms with Gasteiger partial charge in [0.2, 0.25) is 15.7 Å². The first kappa shape index (κ1) is 23.1. The molecule has 0 spiro atoms. The first-order chi connectivity index (χ1) is 16.3. The summed E-state index contributed by atoms with van der Waals surface area (Å²) in [6.45, 7) is 2.29. The Morgan fingerprint density at radius 2 is 1.85 bits per heavy atom. The number of fused-ring (bicyclic) bond motifs is 2. The second-order valence-electron chi connectivity index (χ2n) is 9.50. The van der Waals surface area contributed by atoms with E-state index < -0.39 is 9.84 Å². The van der Waals surface area contributed by atoms with Crippen LogP contribution in [0.15, 0.2) is 63.8 Å². The lowest BCUT2D eigenvalue weighted by molar-refractivity contribution is -0.118. The number of rotatable bonds is 5. The Hall–Kier alpha value is -2.71. The van der Waals surface area contributed by atoms with E-state index in [-0.39, 0.29) is 16.7 Å². The zero-order valence-electron chi connectivity index (χ0n) is 19.4. The lowest BCUT2D eigenvalue weighted by Gasteiger charge is -2.32. The van der Waals surface area contributed by atoms with E-state index in [2.05, 4.69) is 17.2 Å². The molecular weight excluding hydrogens is 466 g/mol. The van der Waals surface area contributed by atoms with Gasteiger partial charge in [-0.1, -0.05) is 50.8 Å². The Labute approximate surface area is 205 Å². The molecule has 5 rings (SSSR count). The summed E-state index contributed by atoms with van der Waals surface area (Å²) in [6, 6.07) is 12.4. The molecule has 0 radical (unpaired) electrons. The molecule has 1 aromatic heterocycles. The van der Waals surface area contributed by atoms with Gasteiger partial charge in [0.1, 0.15) is 0 Å². The summed E-state index contributed by atoms with van der Waals surface area (Å²) in [5, 5.41) is 5.40. The summed E-state index contributed by atoms with van der Waals surface area (Å²) < 4.78 is 26.6. The maximum atomic E-state index is 13.4. The Bertz CT molecular complexity index is 1300. The highest BCUT2D eigenvalue weighted by Gasteiger charge is 2.34. The second kappa shape index (κ2) is 9.15. The monoisotopic (exact) mass is 495 g/mol. The van der Waals surface area contributed by atoms with Crippen LogP contribution in [-0.2, 0) is 14.6 Å². The predicted molar refractivity (Wildman–Crippen MR) is 136 cm³/mol. The van der Waals surface area contributed by atoms with Gasteiger partial charge in [-0.15, -0.1) is 11.3 Å². The summed E-state index contributed by atoms with van der Waals surface area (Å²) in [6.07, 6.45) is 7.04. The molecule has 1 saturated carbocycles. The number of carbonyl (C=O) groups excluding carboxylic acids is 1. The molecule has 8 heteroatoms. The summed E-state index contributed by atoms with van der Waals surface area (Å²) in [4.78, 5) is 20.2. The molecule has 2 heterocycles. The van der Waals surface area contributed by atoms with Crippen molar-refractivity contribution in [3.8, 4) is 0 Å². The normalized spacial score (nSPS) is 21.9. The van der Waals surface area contributed by atoms with Gasteiger partial charge in [-0.25, -0.2) is 13.4 Å². The van der Waals surface area contributed by atoms with Crippen LogP contribution < -0.4 is 10.2 Å².